The predicted octanol–water partition coefficient (Wildman–Crippen LogP) is 3.80. The summed E-state index contributed by atoms with van der Waals surface area (Å²) in [6, 6.07) is 7.28. The number of carbonyl (C=O) groups is 1. The van der Waals surface area contributed by atoms with Gasteiger partial charge < -0.3 is 0 Å². The molecule has 0 heterocycles. The van der Waals surface area contributed by atoms with Gasteiger partial charge in [-0.1, -0.05) is 45.0 Å². The molecule has 1 aromatic rings. The van der Waals surface area contributed by atoms with E-state index in [1.54, 1.807) is 0 Å². The van der Waals surface area contributed by atoms with Gasteiger partial charge in [0.15, 0.2) is 5.78 Å². The lowest BCUT2D eigenvalue weighted by atomic mass is 9.95. The predicted molar refractivity (Wildman–Crippen MR) is 74.5 cm³/mol. The summed E-state index contributed by atoms with van der Waals surface area (Å²) in [5.74, 6) is 0.260. The zero-order chi connectivity index (χ0) is 12.3. The van der Waals surface area contributed by atoms with Crippen molar-refractivity contribution >= 4 is 17.4 Å². The molecular formula is C14H22ClNO. The second-order valence-corrected chi connectivity index (χ2v) is 4.91. The van der Waals surface area contributed by atoms with Crippen molar-refractivity contribution in [2.24, 2.45) is 5.92 Å². The maximum Gasteiger partial charge on any atom is 0.156 e. The summed E-state index contributed by atoms with van der Waals surface area (Å²) >= 11 is 5.84. The van der Waals surface area contributed by atoms with Crippen LogP contribution in [-0.2, 0) is 4.79 Å². The third-order valence-electron chi connectivity index (χ3n) is 2.54. The molecule has 0 fully saturated rings. The van der Waals surface area contributed by atoms with Crippen LogP contribution in [0, 0.1) is 5.92 Å². The number of benzene rings is 1. The maximum absolute atomic E-state index is 12.1. The summed E-state index contributed by atoms with van der Waals surface area (Å²) in [6.07, 6.45) is 0. The summed E-state index contributed by atoms with van der Waals surface area (Å²) < 4.78 is 0. The standard InChI is InChI=1S/C13H18ClNO.CH4/c1-9(2)13(16)12(15(3)4)10-5-7-11(14)8-6-10;/h5-9,12H,1-4H3;1H4. The Hall–Kier alpha value is -0.860. The molecule has 0 saturated heterocycles. The van der Waals surface area contributed by atoms with E-state index >= 15 is 0 Å². The highest BCUT2D eigenvalue weighted by Crippen LogP contribution is 2.23. The van der Waals surface area contributed by atoms with Crippen LogP contribution in [0.25, 0.3) is 0 Å². The van der Waals surface area contributed by atoms with Crippen molar-refractivity contribution in [2.45, 2.75) is 27.3 Å². The van der Waals surface area contributed by atoms with Crippen LogP contribution in [-0.4, -0.2) is 24.8 Å². The molecule has 0 aliphatic carbocycles. The average molecular weight is 256 g/mol. The molecule has 1 rings (SSSR count). The first-order chi connectivity index (χ1) is 7.43. The summed E-state index contributed by atoms with van der Waals surface area (Å²) in [4.78, 5) is 14.0. The molecule has 0 N–H and O–H groups in total. The Bertz CT molecular complexity index is 357. The van der Waals surface area contributed by atoms with E-state index in [0.717, 1.165) is 5.56 Å². The van der Waals surface area contributed by atoms with Gasteiger partial charge in [0.25, 0.3) is 0 Å². The molecule has 0 spiro atoms. The molecule has 2 nitrogen and oxygen atoms in total. The van der Waals surface area contributed by atoms with E-state index < -0.39 is 0 Å². The van der Waals surface area contributed by atoms with Gasteiger partial charge in [0.1, 0.15) is 0 Å². The van der Waals surface area contributed by atoms with Gasteiger partial charge in [-0.25, -0.2) is 0 Å². The third-order valence-corrected chi connectivity index (χ3v) is 2.79. The number of nitrogens with zero attached hydrogens (tertiary/aromatic N) is 1. The molecule has 0 radical (unpaired) electrons. The van der Waals surface area contributed by atoms with Crippen molar-refractivity contribution in [3.63, 3.8) is 0 Å². The van der Waals surface area contributed by atoms with Crippen LogP contribution >= 0.6 is 11.6 Å². The maximum atomic E-state index is 12.1. The highest BCUT2D eigenvalue weighted by Gasteiger charge is 2.24. The molecule has 0 aromatic heterocycles. The fourth-order valence-electron chi connectivity index (χ4n) is 1.68. The molecule has 0 aliphatic heterocycles. The van der Waals surface area contributed by atoms with Crippen molar-refractivity contribution < 1.29 is 4.79 Å². The Morgan fingerprint density at radius 3 is 2.00 bits per heavy atom. The van der Waals surface area contributed by atoms with Gasteiger partial charge in [0, 0.05) is 10.9 Å². The Labute approximate surface area is 110 Å². The summed E-state index contributed by atoms with van der Waals surface area (Å²) in [5, 5.41) is 0.693. The van der Waals surface area contributed by atoms with Crippen LogP contribution < -0.4 is 0 Å². The summed E-state index contributed by atoms with van der Waals surface area (Å²) in [7, 11) is 3.83. The Kier molecular flexibility index (Phi) is 6.43. The zero-order valence-corrected chi connectivity index (χ0v) is 11.0. The smallest absolute Gasteiger partial charge is 0.156 e. The number of rotatable bonds is 4. The van der Waals surface area contributed by atoms with E-state index in [-0.39, 0.29) is 25.2 Å². The van der Waals surface area contributed by atoms with E-state index in [4.69, 9.17) is 11.6 Å². The van der Waals surface area contributed by atoms with Crippen LogP contribution in [0.4, 0.5) is 0 Å². The van der Waals surface area contributed by atoms with E-state index in [0.29, 0.717) is 5.02 Å². The number of hydrogen-bond acceptors (Lipinski definition) is 2. The Balaban J connectivity index is 0.00000256. The van der Waals surface area contributed by atoms with Crippen molar-refractivity contribution in [3.05, 3.63) is 34.9 Å². The molecule has 3 heteroatoms. The van der Waals surface area contributed by atoms with Crippen molar-refractivity contribution in [2.75, 3.05) is 14.1 Å². The molecule has 0 bridgehead atoms. The molecule has 0 aliphatic rings. The fourth-order valence-corrected chi connectivity index (χ4v) is 1.80. The van der Waals surface area contributed by atoms with Gasteiger partial charge in [0.05, 0.1) is 6.04 Å². The van der Waals surface area contributed by atoms with Crippen molar-refractivity contribution in [3.8, 4) is 0 Å². The van der Waals surface area contributed by atoms with Gasteiger partial charge >= 0.3 is 0 Å². The van der Waals surface area contributed by atoms with Crippen LogP contribution in [0.1, 0.15) is 32.9 Å². The molecule has 1 aromatic carbocycles. The number of Topliss-reactive ketones (excluding diaryl/α,β-unsaturated/α-hetero) is 1. The number of carbonyl (C=O) groups excluding carboxylic acids is 1. The number of likely N-dealkylation sites (N-methyl/N-ethyl adjacent to an activating group) is 1. The van der Waals surface area contributed by atoms with Crippen LogP contribution in [0.2, 0.25) is 5.02 Å². The van der Waals surface area contributed by atoms with E-state index in [2.05, 4.69) is 0 Å². The van der Waals surface area contributed by atoms with E-state index in [1.807, 2.05) is 57.1 Å². The Morgan fingerprint density at radius 2 is 1.65 bits per heavy atom. The number of hydrogen-bond donors (Lipinski definition) is 0. The average Bonchev–Trinajstić information content (AvgIpc) is 2.20. The highest BCUT2D eigenvalue weighted by molar-refractivity contribution is 6.30. The number of halogens is 1. The molecule has 1 atom stereocenters. The van der Waals surface area contributed by atoms with Crippen LogP contribution in [0.5, 0.6) is 0 Å². The first-order valence-electron chi connectivity index (χ1n) is 5.39. The minimum Gasteiger partial charge on any atom is -0.297 e. The SMILES string of the molecule is C.CC(C)C(=O)C(c1ccc(Cl)cc1)N(C)C. The lowest BCUT2D eigenvalue weighted by molar-refractivity contribution is -0.126. The third kappa shape index (κ3) is 4.14. The van der Waals surface area contributed by atoms with E-state index in [1.165, 1.54) is 0 Å². The van der Waals surface area contributed by atoms with Crippen LogP contribution in [0.3, 0.4) is 0 Å². The lowest BCUT2D eigenvalue weighted by Gasteiger charge is -2.25. The lowest BCUT2D eigenvalue weighted by Crippen LogP contribution is -2.30. The molecular weight excluding hydrogens is 234 g/mol. The second kappa shape index (κ2) is 6.77. The topological polar surface area (TPSA) is 20.3 Å². The molecule has 0 amide bonds. The largest absolute Gasteiger partial charge is 0.297 e. The number of ketones is 1. The summed E-state index contributed by atoms with van der Waals surface area (Å²) in [6.45, 7) is 3.85. The highest BCUT2D eigenvalue weighted by atomic mass is 35.5. The first kappa shape index (κ1) is 16.1. The molecule has 96 valence electrons. The fraction of sp³-hybridized carbons (Fsp3) is 0.500. The Morgan fingerprint density at radius 1 is 1.18 bits per heavy atom. The quantitative estimate of drug-likeness (QED) is 0.816. The van der Waals surface area contributed by atoms with Gasteiger partial charge in [0.2, 0.25) is 0 Å². The molecule has 0 saturated carbocycles. The van der Waals surface area contributed by atoms with Gasteiger partial charge in [-0.3, -0.25) is 9.69 Å². The second-order valence-electron chi connectivity index (χ2n) is 4.47. The van der Waals surface area contributed by atoms with Crippen LogP contribution in [0.15, 0.2) is 24.3 Å². The van der Waals surface area contributed by atoms with Gasteiger partial charge in [-0.15, -0.1) is 0 Å². The van der Waals surface area contributed by atoms with Crippen molar-refractivity contribution in [1.82, 2.24) is 4.90 Å². The van der Waals surface area contributed by atoms with Gasteiger partial charge in [-0.2, -0.15) is 0 Å². The molecule has 1 unspecified atom stereocenters. The van der Waals surface area contributed by atoms with Gasteiger partial charge in [-0.05, 0) is 31.8 Å². The zero-order valence-electron chi connectivity index (χ0n) is 10.2. The molecule has 17 heavy (non-hydrogen) atoms. The van der Waals surface area contributed by atoms with Crippen molar-refractivity contribution in [1.29, 1.82) is 0 Å². The minimum atomic E-state index is -0.183. The first-order valence-corrected chi connectivity index (χ1v) is 5.77. The normalized spacial score (nSPS) is 12.4. The minimum absolute atomic E-state index is 0. The van der Waals surface area contributed by atoms with E-state index in [9.17, 15) is 4.79 Å². The monoisotopic (exact) mass is 255 g/mol. The summed E-state index contributed by atoms with van der Waals surface area (Å²) in [5.41, 5.74) is 0.994.